The van der Waals surface area contributed by atoms with Crippen LogP contribution in [0.15, 0.2) is 30.7 Å². The predicted molar refractivity (Wildman–Crippen MR) is 65.6 cm³/mol. The van der Waals surface area contributed by atoms with Gasteiger partial charge in [-0.05, 0) is 19.4 Å². The molecule has 0 saturated carbocycles. The minimum atomic E-state index is -0.704. The maximum Gasteiger partial charge on any atom is 0.142 e. The van der Waals surface area contributed by atoms with Crippen LogP contribution in [0.2, 0.25) is 0 Å². The second kappa shape index (κ2) is 5.10. The zero-order valence-electron chi connectivity index (χ0n) is 10.2. The molecule has 0 spiro atoms. The summed E-state index contributed by atoms with van der Waals surface area (Å²) in [6.07, 6.45) is 5.62. The van der Waals surface area contributed by atoms with Crippen molar-refractivity contribution in [3.05, 3.63) is 47.8 Å². The van der Waals surface area contributed by atoms with Gasteiger partial charge in [0.2, 0.25) is 0 Å². The highest BCUT2D eigenvalue weighted by molar-refractivity contribution is 5.21. The summed E-state index contributed by atoms with van der Waals surface area (Å²) in [6.45, 7) is 4.89. The second-order valence-electron chi connectivity index (χ2n) is 4.11. The van der Waals surface area contributed by atoms with Gasteiger partial charge in [0, 0.05) is 36.4 Å². The van der Waals surface area contributed by atoms with Gasteiger partial charge in [-0.1, -0.05) is 13.0 Å². The Labute approximate surface area is 101 Å². The summed E-state index contributed by atoms with van der Waals surface area (Å²) in [5.74, 6) is 0.678. The summed E-state index contributed by atoms with van der Waals surface area (Å²) in [7, 11) is 0. The van der Waals surface area contributed by atoms with Crippen LogP contribution in [0.5, 0.6) is 0 Å². The third-order valence-corrected chi connectivity index (χ3v) is 2.71. The molecule has 2 aromatic heterocycles. The second-order valence-corrected chi connectivity index (χ2v) is 4.11. The van der Waals surface area contributed by atoms with Crippen LogP contribution in [0, 0.1) is 6.92 Å². The van der Waals surface area contributed by atoms with Gasteiger partial charge in [-0.2, -0.15) is 0 Å². The molecule has 0 aromatic carbocycles. The highest BCUT2D eigenvalue weighted by Gasteiger charge is 2.15. The fourth-order valence-corrected chi connectivity index (χ4v) is 1.79. The molecule has 0 saturated heterocycles. The van der Waals surface area contributed by atoms with Gasteiger partial charge in [0.15, 0.2) is 0 Å². The summed E-state index contributed by atoms with van der Waals surface area (Å²) in [5, 5.41) is 10.3. The van der Waals surface area contributed by atoms with Crippen molar-refractivity contribution in [2.24, 2.45) is 0 Å². The lowest BCUT2D eigenvalue weighted by atomic mass is 10.1. The molecular weight excluding hydrogens is 214 g/mol. The average Bonchev–Trinajstić information content (AvgIpc) is 2.78. The molecular formula is C13H17N3O. The topological polar surface area (TPSA) is 50.9 Å². The van der Waals surface area contributed by atoms with E-state index in [4.69, 9.17) is 0 Å². The molecule has 2 heterocycles. The average molecular weight is 231 g/mol. The molecule has 17 heavy (non-hydrogen) atoms. The van der Waals surface area contributed by atoms with Gasteiger partial charge in [-0.25, -0.2) is 4.98 Å². The first-order valence-corrected chi connectivity index (χ1v) is 5.84. The van der Waals surface area contributed by atoms with E-state index in [1.165, 1.54) is 0 Å². The smallest absolute Gasteiger partial charge is 0.142 e. The first-order chi connectivity index (χ1) is 8.22. The number of aliphatic hydroxyl groups is 1. The van der Waals surface area contributed by atoms with E-state index in [1.807, 2.05) is 29.8 Å². The predicted octanol–water partition coefficient (Wildman–Crippen LogP) is 2.08. The fraction of sp³-hybridized carbons (Fsp3) is 0.385. The Kier molecular flexibility index (Phi) is 3.54. The molecule has 2 aromatic rings. The lowest BCUT2D eigenvalue weighted by Crippen LogP contribution is -2.10. The first kappa shape index (κ1) is 11.8. The number of rotatable bonds is 4. The number of nitrogens with zero attached hydrogens (tertiary/aromatic N) is 3. The van der Waals surface area contributed by atoms with E-state index >= 15 is 0 Å². The maximum atomic E-state index is 10.3. The number of aliphatic hydroxyl groups excluding tert-OH is 1. The van der Waals surface area contributed by atoms with Crippen LogP contribution in [-0.2, 0) is 6.54 Å². The standard InChI is InChI=1S/C13H17N3O/c1-3-7-16-8-6-14-13(16)12(17)11-5-4-10(2)15-9-11/h4-6,8-9,12,17H,3,7H2,1-2H3. The van der Waals surface area contributed by atoms with Gasteiger partial charge >= 0.3 is 0 Å². The molecule has 0 aliphatic carbocycles. The Hall–Kier alpha value is -1.68. The van der Waals surface area contributed by atoms with Crippen LogP contribution < -0.4 is 0 Å². The molecule has 2 rings (SSSR count). The maximum absolute atomic E-state index is 10.3. The minimum Gasteiger partial charge on any atom is -0.380 e. The molecule has 0 fully saturated rings. The molecule has 4 nitrogen and oxygen atoms in total. The summed E-state index contributed by atoms with van der Waals surface area (Å²) in [5.41, 5.74) is 1.72. The zero-order chi connectivity index (χ0) is 12.3. The molecule has 0 amide bonds. The van der Waals surface area contributed by atoms with Gasteiger partial charge in [0.1, 0.15) is 11.9 Å². The Morgan fingerprint density at radius 3 is 2.82 bits per heavy atom. The van der Waals surface area contributed by atoms with Crippen LogP contribution in [0.1, 0.15) is 36.5 Å². The first-order valence-electron chi connectivity index (χ1n) is 5.84. The third-order valence-electron chi connectivity index (χ3n) is 2.71. The van der Waals surface area contributed by atoms with Crippen molar-refractivity contribution in [1.82, 2.24) is 14.5 Å². The lowest BCUT2D eigenvalue weighted by Gasteiger charge is -2.12. The van der Waals surface area contributed by atoms with Crippen molar-refractivity contribution >= 4 is 0 Å². The zero-order valence-corrected chi connectivity index (χ0v) is 10.2. The number of imidazole rings is 1. The van der Waals surface area contributed by atoms with Crippen molar-refractivity contribution in [3.63, 3.8) is 0 Å². The monoisotopic (exact) mass is 231 g/mol. The molecule has 0 aliphatic heterocycles. The van der Waals surface area contributed by atoms with Crippen LogP contribution in [0.25, 0.3) is 0 Å². The fourth-order valence-electron chi connectivity index (χ4n) is 1.79. The number of hydrogen-bond donors (Lipinski definition) is 1. The van der Waals surface area contributed by atoms with Crippen molar-refractivity contribution in [3.8, 4) is 0 Å². The lowest BCUT2D eigenvalue weighted by molar-refractivity contribution is 0.204. The quantitative estimate of drug-likeness (QED) is 0.876. The summed E-state index contributed by atoms with van der Waals surface area (Å²) in [4.78, 5) is 8.41. The molecule has 0 bridgehead atoms. The highest BCUT2D eigenvalue weighted by Crippen LogP contribution is 2.20. The summed E-state index contributed by atoms with van der Waals surface area (Å²) >= 11 is 0. The normalized spacial score (nSPS) is 12.6. The van der Waals surface area contributed by atoms with Gasteiger partial charge in [-0.15, -0.1) is 0 Å². The van der Waals surface area contributed by atoms with Crippen LogP contribution in [0.3, 0.4) is 0 Å². The minimum absolute atomic E-state index is 0.678. The van der Waals surface area contributed by atoms with Crippen molar-refractivity contribution in [2.45, 2.75) is 32.9 Å². The number of hydrogen-bond acceptors (Lipinski definition) is 3. The van der Waals surface area contributed by atoms with E-state index in [0.29, 0.717) is 5.82 Å². The molecule has 4 heteroatoms. The van der Waals surface area contributed by atoms with Gasteiger partial charge in [0.25, 0.3) is 0 Å². The van der Waals surface area contributed by atoms with E-state index in [-0.39, 0.29) is 0 Å². The van der Waals surface area contributed by atoms with Crippen LogP contribution in [-0.4, -0.2) is 19.6 Å². The molecule has 1 N–H and O–H groups in total. The molecule has 0 aliphatic rings. The molecule has 90 valence electrons. The van der Waals surface area contributed by atoms with Gasteiger partial charge < -0.3 is 9.67 Å². The van der Waals surface area contributed by atoms with E-state index in [2.05, 4.69) is 16.9 Å². The van der Waals surface area contributed by atoms with Gasteiger partial charge in [0.05, 0.1) is 0 Å². The van der Waals surface area contributed by atoms with Crippen molar-refractivity contribution < 1.29 is 5.11 Å². The molecule has 0 radical (unpaired) electrons. The molecule has 1 unspecified atom stereocenters. The Balaban J connectivity index is 2.26. The van der Waals surface area contributed by atoms with Crippen LogP contribution in [0.4, 0.5) is 0 Å². The van der Waals surface area contributed by atoms with Gasteiger partial charge in [-0.3, -0.25) is 4.98 Å². The molecule has 1 atom stereocenters. The van der Waals surface area contributed by atoms with Crippen molar-refractivity contribution in [2.75, 3.05) is 0 Å². The highest BCUT2D eigenvalue weighted by atomic mass is 16.3. The number of pyridine rings is 1. The summed E-state index contributed by atoms with van der Waals surface area (Å²) < 4.78 is 1.98. The van der Waals surface area contributed by atoms with E-state index in [1.54, 1.807) is 12.4 Å². The Morgan fingerprint density at radius 2 is 2.18 bits per heavy atom. The largest absolute Gasteiger partial charge is 0.380 e. The summed E-state index contributed by atoms with van der Waals surface area (Å²) in [6, 6.07) is 3.78. The van der Waals surface area contributed by atoms with E-state index in [9.17, 15) is 5.11 Å². The Morgan fingerprint density at radius 1 is 1.35 bits per heavy atom. The van der Waals surface area contributed by atoms with Crippen LogP contribution >= 0.6 is 0 Å². The third kappa shape index (κ3) is 2.53. The SMILES string of the molecule is CCCn1ccnc1C(O)c1ccc(C)nc1. The van der Waals surface area contributed by atoms with E-state index < -0.39 is 6.10 Å². The van der Waals surface area contributed by atoms with Crippen molar-refractivity contribution in [1.29, 1.82) is 0 Å². The van der Waals surface area contributed by atoms with E-state index in [0.717, 1.165) is 24.2 Å². The Bertz CT molecular complexity index is 476. The number of aromatic nitrogens is 3. The number of aryl methyl sites for hydroxylation is 2.